The number of fused-ring (bicyclic) bond motifs is 1. The predicted molar refractivity (Wildman–Crippen MR) is 121 cm³/mol. The highest BCUT2D eigenvalue weighted by molar-refractivity contribution is 5.85. The molecule has 5 rings (SSSR count). The Hall–Kier alpha value is -4.59. The summed E-state index contributed by atoms with van der Waals surface area (Å²) in [4.78, 5) is 21.9. The number of imidazole rings is 1. The molecule has 0 aliphatic rings. The first-order valence-electron chi connectivity index (χ1n) is 9.78. The van der Waals surface area contributed by atoms with Crippen molar-refractivity contribution in [3.8, 4) is 28.6 Å². The van der Waals surface area contributed by atoms with Crippen molar-refractivity contribution in [1.82, 2.24) is 19.1 Å². The molecule has 0 aliphatic carbocycles. The molecule has 0 spiro atoms. The van der Waals surface area contributed by atoms with Gasteiger partial charge in [-0.25, -0.2) is 19.3 Å². The van der Waals surface area contributed by atoms with Gasteiger partial charge >= 0.3 is 5.69 Å². The molecule has 5 aromatic rings. The van der Waals surface area contributed by atoms with E-state index in [4.69, 9.17) is 15.2 Å². The van der Waals surface area contributed by atoms with Crippen molar-refractivity contribution in [2.24, 2.45) is 0 Å². The van der Waals surface area contributed by atoms with Crippen LogP contribution in [0.4, 0.5) is 5.82 Å². The lowest BCUT2D eigenvalue weighted by atomic mass is 10.3. The largest absolute Gasteiger partial charge is 0.497 e. The van der Waals surface area contributed by atoms with E-state index in [2.05, 4.69) is 16.0 Å². The number of nitrogens with two attached hydrogens (primary N) is 1. The lowest BCUT2D eigenvalue weighted by Crippen LogP contribution is -2.22. The summed E-state index contributed by atoms with van der Waals surface area (Å²) in [6, 6.07) is 24.7. The molecular weight excluding hydrogens is 406 g/mol. The van der Waals surface area contributed by atoms with Crippen LogP contribution in [0.25, 0.3) is 22.5 Å². The second kappa shape index (κ2) is 7.92. The SMILES string of the molecule is COc1c[c]cc(-n2c(=O)n(-c3ccc(Oc4ccccc4)cc3)c3c(N)ncnc32)c1. The van der Waals surface area contributed by atoms with Crippen LogP contribution in [-0.2, 0) is 0 Å². The van der Waals surface area contributed by atoms with E-state index < -0.39 is 0 Å². The van der Waals surface area contributed by atoms with E-state index in [0.29, 0.717) is 34.0 Å². The van der Waals surface area contributed by atoms with Gasteiger partial charge in [-0.05, 0) is 54.6 Å². The van der Waals surface area contributed by atoms with Crippen LogP contribution in [0.15, 0.2) is 83.9 Å². The number of nitrogens with zero attached hydrogens (tertiary/aromatic N) is 4. The van der Waals surface area contributed by atoms with Crippen molar-refractivity contribution in [1.29, 1.82) is 0 Å². The number of anilines is 1. The molecule has 0 saturated heterocycles. The monoisotopic (exact) mass is 424 g/mol. The minimum atomic E-state index is -0.342. The maximum absolute atomic E-state index is 13.5. The molecule has 2 aromatic heterocycles. The van der Waals surface area contributed by atoms with E-state index in [0.717, 1.165) is 5.75 Å². The van der Waals surface area contributed by atoms with Gasteiger partial charge in [-0.15, -0.1) is 0 Å². The summed E-state index contributed by atoms with van der Waals surface area (Å²) in [5.41, 5.74) is 7.78. The molecule has 0 saturated carbocycles. The standard InChI is InChI=1S/C24H18N5O3/c1-31-20-9-5-6-17(14-20)29-23-21(22(25)26-15-27-23)28(24(29)30)16-10-12-19(13-11-16)32-18-7-3-2-4-8-18/h2-4,6-15H,1H3,(H2,25,26,27). The molecule has 8 heteroatoms. The highest BCUT2D eigenvalue weighted by Gasteiger charge is 2.20. The number of para-hydroxylation sites is 1. The third-order valence-corrected chi connectivity index (χ3v) is 4.96. The molecule has 1 radical (unpaired) electrons. The van der Waals surface area contributed by atoms with E-state index in [1.165, 1.54) is 15.5 Å². The molecule has 8 nitrogen and oxygen atoms in total. The van der Waals surface area contributed by atoms with Gasteiger partial charge in [-0.1, -0.05) is 18.2 Å². The van der Waals surface area contributed by atoms with E-state index in [1.807, 2.05) is 30.3 Å². The lowest BCUT2D eigenvalue weighted by Gasteiger charge is -2.08. The fourth-order valence-corrected chi connectivity index (χ4v) is 3.49. The maximum atomic E-state index is 13.5. The zero-order chi connectivity index (χ0) is 22.1. The van der Waals surface area contributed by atoms with Crippen molar-refractivity contribution in [2.75, 3.05) is 12.8 Å². The van der Waals surface area contributed by atoms with Crippen LogP contribution in [0, 0.1) is 6.07 Å². The van der Waals surface area contributed by atoms with Gasteiger partial charge < -0.3 is 15.2 Å². The van der Waals surface area contributed by atoms with Gasteiger partial charge in [0.1, 0.15) is 29.1 Å². The first-order chi connectivity index (χ1) is 15.7. The van der Waals surface area contributed by atoms with Crippen LogP contribution in [0.3, 0.4) is 0 Å². The molecule has 0 atom stereocenters. The van der Waals surface area contributed by atoms with E-state index in [1.54, 1.807) is 49.6 Å². The quantitative estimate of drug-likeness (QED) is 0.461. The summed E-state index contributed by atoms with van der Waals surface area (Å²) in [6.07, 6.45) is 1.33. The van der Waals surface area contributed by atoms with Crippen LogP contribution >= 0.6 is 0 Å². The maximum Gasteiger partial charge on any atom is 0.339 e. The lowest BCUT2D eigenvalue weighted by molar-refractivity contribution is 0.414. The van der Waals surface area contributed by atoms with Gasteiger partial charge in [0.25, 0.3) is 0 Å². The Balaban J connectivity index is 1.65. The molecule has 0 fully saturated rings. The molecule has 0 aliphatic heterocycles. The average Bonchev–Trinajstić information content (AvgIpc) is 3.13. The van der Waals surface area contributed by atoms with Gasteiger partial charge in [-0.3, -0.25) is 4.57 Å². The smallest absolute Gasteiger partial charge is 0.339 e. The second-order valence-corrected chi connectivity index (χ2v) is 6.92. The fourth-order valence-electron chi connectivity index (χ4n) is 3.49. The molecule has 0 amide bonds. The molecule has 157 valence electrons. The molecular formula is C24H18N5O3. The number of ether oxygens (including phenoxy) is 2. The molecule has 0 bridgehead atoms. The number of hydrogen-bond acceptors (Lipinski definition) is 6. The van der Waals surface area contributed by atoms with Gasteiger partial charge in [0.05, 0.1) is 18.5 Å². The van der Waals surface area contributed by atoms with E-state index in [9.17, 15) is 4.79 Å². The van der Waals surface area contributed by atoms with Crippen LogP contribution in [0.2, 0.25) is 0 Å². The normalized spacial score (nSPS) is 10.9. The molecule has 2 N–H and O–H groups in total. The predicted octanol–water partition coefficient (Wildman–Crippen LogP) is 3.75. The van der Waals surface area contributed by atoms with Gasteiger partial charge in [0.15, 0.2) is 11.5 Å². The van der Waals surface area contributed by atoms with Gasteiger partial charge in [-0.2, -0.15) is 0 Å². The summed E-state index contributed by atoms with van der Waals surface area (Å²) in [7, 11) is 1.55. The summed E-state index contributed by atoms with van der Waals surface area (Å²) < 4.78 is 14.1. The van der Waals surface area contributed by atoms with Crippen molar-refractivity contribution in [3.05, 3.63) is 95.7 Å². The third-order valence-electron chi connectivity index (χ3n) is 4.96. The average molecular weight is 424 g/mol. The minimum Gasteiger partial charge on any atom is -0.497 e. The Morgan fingerprint density at radius 1 is 0.875 bits per heavy atom. The number of rotatable bonds is 5. The fraction of sp³-hybridized carbons (Fsp3) is 0.0417. The topological polar surface area (TPSA) is 97.2 Å². The number of aromatic nitrogens is 4. The van der Waals surface area contributed by atoms with Crippen molar-refractivity contribution in [2.45, 2.75) is 0 Å². The highest BCUT2D eigenvalue weighted by atomic mass is 16.5. The highest BCUT2D eigenvalue weighted by Crippen LogP contribution is 2.26. The molecule has 3 aromatic carbocycles. The van der Waals surface area contributed by atoms with E-state index in [-0.39, 0.29) is 11.5 Å². The van der Waals surface area contributed by atoms with Crippen LogP contribution in [0.5, 0.6) is 17.2 Å². The van der Waals surface area contributed by atoms with Crippen molar-refractivity contribution < 1.29 is 9.47 Å². The summed E-state index contributed by atoms with van der Waals surface area (Å²) in [6.45, 7) is 0. The summed E-state index contributed by atoms with van der Waals surface area (Å²) >= 11 is 0. The zero-order valence-corrected chi connectivity index (χ0v) is 17.1. The van der Waals surface area contributed by atoms with Gasteiger partial charge in [0.2, 0.25) is 0 Å². The number of hydrogen-bond donors (Lipinski definition) is 1. The Labute approximate surface area is 183 Å². The minimum absolute atomic E-state index is 0.197. The van der Waals surface area contributed by atoms with Crippen molar-refractivity contribution >= 4 is 17.0 Å². The second-order valence-electron chi connectivity index (χ2n) is 6.92. The Bertz CT molecular complexity index is 1460. The van der Waals surface area contributed by atoms with Crippen LogP contribution in [0.1, 0.15) is 0 Å². The molecule has 0 unspecified atom stereocenters. The zero-order valence-electron chi connectivity index (χ0n) is 17.1. The van der Waals surface area contributed by atoms with Crippen molar-refractivity contribution in [3.63, 3.8) is 0 Å². The Kier molecular flexibility index (Phi) is 4.79. The van der Waals surface area contributed by atoms with E-state index >= 15 is 0 Å². The number of benzene rings is 3. The number of methoxy groups -OCH3 is 1. The third kappa shape index (κ3) is 3.33. The molecule has 2 heterocycles. The summed E-state index contributed by atoms with van der Waals surface area (Å²) in [5, 5.41) is 0. The Morgan fingerprint density at radius 2 is 1.62 bits per heavy atom. The van der Waals surface area contributed by atoms with Crippen LogP contribution < -0.4 is 20.9 Å². The first kappa shape index (κ1) is 19.4. The van der Waals surface area contributed by atoms with Crippen LogP contribution in [-0.4, -0.2) is 26.2 Å². The number of nitrogen functional groups attached to an aromatic ring is 1. The Morgan fingerprint density at radius 3 is 2.38 bits per heavy atom. The first-order valence-corrected chi connectivity index (χ1v) is 9.78. The molecule has 32 heavy (non-hydrogen) atoms. The summed E-state index contributed by atoms with van der Waals surface area (Å²) in [5.74, 6) is 2.13. The van der Waals surface area contributed by atoms with Gasteiger partial charge in [0, 0.05) is 6.07 Å².